The van der Waals surface area contributed by atoms with Gasteiger partial charge in [0.1, 0.15) is 17.4 Å². The van der Waals surface area contributed by atoms with Crippen molar-refractivity contribution in [2.24, 2.45) is 0 Å². The van der Waals surface area contributed by atoms with Crippen molar-refractivity contribution in [3.05, 3.63) is 29.6 Å². The van der Waals surface area contributed by atoms with Crippen molar-refractivity contribution >= 4 is 23.4 Å². The molecule has 2 rings (SSSR count). The molecule has 1 amide bonds. The highest BCUT2D eigenvalue weighted by Gasteiger charge is 2.37. The van der Waals surface area contributed by atoms with Gasteiger partial charge in [0.05, 0.1) is 10.4 Å². The van der Waals surface area contributed by atoms with Crippen LogP contribution in [-0.4, -0.2) is 16.4 Å². The Labute approximate surface area is 109 Å². The van der Waals surface area contributed by atoms with Crippen molar-refractivity contribution in [3.63, 3.8) is 0 Å². The zero-order valence-electron chi connectivity index (χ0n) is 10.00. The topological polar surface area (TPSA) is 52.9 Å². The first kappa shape index (κ1) is 12.9. The zero-order chi connectivity index (χ0) is 13.2. The fraction of sp³-hybridized carbons (Fsp3) is 0.385. The first-order valence-corrected chi connectivity index (χ1v) is 6.69. The van der Waals surface area contributed by atoms with Crippen molar-refractivity contribution < 1.29 is 9.18 Å². The quantitative estimate of drug-likeness (QED) is 0.893. The molecule has 1 aromatic rings. The predicted molar refractivity (Wildman–Crippen MR) is 69.8 cm³/mol. The van der Waals surface area contributed by atoms with Gasteiger partial charge in [-0.05, 0) is 37.7 Å². The lowest BCUT2D eigenvalue weighted by atomic mass is 10.0. The number of anilines is 1. The maximum Gasteiger partial charge on any atom is 0.240 e. The van der Waals surface area contributed by atoms with Gasteiger partial charge in [-0.2, -0.15) is 5.26 Å². The van der Waals surface area contributed by atoms with Crippen LogP contribution in [0.15, 0.2) is 18.2 Å². The molecule has 1 N–H and O–H groups in total. The minimum absolute atomic E-state index is 0.113. The molecule has 0 radical (unpaired) electrons. The minimum Gasteiger partial charge on any atom is -0.324 e. The highest BCUT2D eigenvalue weighted by Crippen LogP contribution is 2.38. The van der Waals surface area contributed by atoms with E-state index >= 15 is 0 Å². The second-order valence-corrected chi connectivity index (χ2v) is 6.01. The van der Waals surface area contributed by atoms with Gasteiger partial charge in [-0.15, -0.1) is 11.8 Å². The van der Waals surface area contributed by atoms with E-state index < -0.39 is 10.6 Å². The van der Waals surface area contributed by atoms with E-state index in [4.69, 9.17) is 5.26 Å². The first-order valence-electron chi connectivity index (χ1n) is 5.71. The van der Waals surface area contributed by atoms with Crippen LogP contribution in [0.3, 0.4) is 0 Å². The molecule has 1 aliphatic rings. The summed E-state index contributed by atoms with van der Waals surface area (Å²) < 4.78 is 12.9. The van der Waals surface area contributed by atoms with Crippen LogP contribution in [0.1, 0.15) is 25.3 Å². The third-order valence-corrected chi connectivity index (χ3v) is 4.59. The molecule has 0 saturated carbocycles. The molecule has 94 valence electrons. The highest BCUT2D eigenvalue weighted by atomic mass is 32.2. The number of carbonyl (C=O) groups excluding carboxylic acids is 1. The third-order valence-electron chi connectivity index (χ3n) is 3.07. The predicted octanol–water partition coefficient (Wildman–Crippen LogP) is 2.92. The summed E-state index contributed by atoms with van der Waals surface area (Å²) in [6.45, 7) is 1.88. The van der Waals surface area contributed by atoms with Crippen LogP contribution in [0, 0.1) is 17.1 Å². The number of nitriles is 1. The van der Waals surface area contributed by atoms with Crippen LogP contribution >= 0.6 is 11.8 Å². The summed E-state index contributed by atoms with van der Waals surface area (Å²) in [6.07, 6.45) is 1.81. The number of halogens is 1. The number of hydrogen-bond donors (Lipinski definition) is 1. The average molecular weight is 264 g/mol. The highest BCUT2D eigenvalue weighted by molar-refractivity contribution is 8.01. The van der Waals surface area contributed by atoms with Crippen LogP contribution in [0.4, 0.5) is 10.1 Å². The van der Waals surface area contributed by atoms with Gasteiger partial charge < -0.3 is 5.32 Å². The second kappa shape index (κ2) is 4.99. The number of thioether (sulfide) groups is 1. The number of rotatable bonds is 2. The Balaban J connectivity index is 2.22. The Morgan fingerprint density at radius 3 is 3.00 bits per heavy atom. The lowest BCUT2D eigenvalue weighted by Gasteiger charge is -2.21. The zero-order valence-corrected chi connectivity index (χ0v) is 10.8. The first-order chi connectivity index (χ1) is 8.57. The molecule has 1 atom stereocenters. The molecule has 3 nitrogen and oxygen atoms in total. The number of amides is 1. The van der Waals surface area contributed by atoms with E-state index in [0.29, 0.717) is 0 Å². The smallest absolute Gasteiger partial charge is 0.240 e. The molecule has 0 bridgehead atoms. The third kappa shape index (κ3) is 2.34. The van der Waals surface area contributed by atoms with Crippen molar-refractivity contribution in [1.29, 1.82) is 5.26 Å². The van der Waals surface area contributed by atoms with Gasteiger partial charge in [-0.3, -0.25) is 4.79 Å². The number of nitrogens with zero attached hydrogens (tertiary/aromatic N) is 1. The van der Waals surface area contributed by atoms with E-state index in [1.54, 1.807) is 23.9 Å². The summed E-state index contributed by atoms with van der Waals surface area (Å²) in [7, 11) is 0. The lowest BCUT2D eigenvalue weighted by molar-refractivity contribution is -0.118. The Hall–Kier alpha value is -1.54. The Morgan fingerprint density at radius 1 is 1.61 bits per heavy atom. The van der Waals surface area contributed by atoms with E-state index in [2.05, 4.69) is 5.32 Å². The molecule has 0 aromatic heterocycles. The van der Waals surface area contributed by atoms with Crippen LogP contribution in [0.5, 0.6) is 0 Å². The molecule has 1 unspecified atom stereocenters. The molecule has 1 fully saturated rings. The van der Waals surface area contributed by atoms with Gasteiger partial charge in [0.15, 0.2) is 0 Å². The van der Waals surface area contributed by atoms with E-state index in [9.17, 15) is 9.18 Å². The Bertz CT molecular complexity index is 518. The minimum atomic E-state index is -0.612. The lowest BCUT2D eigenvalue weighted by Crippen LogP contribution is -2.34. The second-order valence-electron chi connectivity index (χ2n) is 4.41. The summed E-state index contributed by atoms with van der Waals surface area (Å²) in [5, 5.41) is 11.6. The van der Waals surface area contributed by atoms with Crippen LogP contribution in [-0.2, 0) is 4.79 Å². The average Bonchev–Trinajstić information content (AvgIpc) is 2.78. The maximum atomic E-state index is 13.4. The van der Waals surface area contributed by atoms with Crippen molar-refractivity contribution in [1.82, 2.24) is 0 Å². The summed E-state index contributed by atoms with van der Waals surface area (Å²) in [4.78, 5) is 12.2. The molecule has 18 heavy (non-hydrogen) atoms. The fourth-order valence-electron chi connectivity index (χ4n) is 1.95. The Kier molecular flexibility index (Phi) is 3.58. The van der Waals surface area contributed by atoms with E-state index in [0.717, 1.165) is 18.6 Å². The SMILES string of the molecule is CC1(C(=O)Nc2cccc(F)c2C#N)CCCS1. The Morgan fingerprint density at radius 2 is 2.39 bits per heavy atom. The molecule has 5 heteroatoms. The summed E-state index contributed by atoms with van der Waals surface area (Å²) in [6, 6.07) is 6.01. The molecule has 1 saturated heterocycles. The van der Waals surface area contributed by atoms with Crippen LogP contribution in [0.2, 0.25) is 0 Å². The summed E-state index contributed by atoms with van der Waals surface area (Å²) in [5.74, 6) is 0.185. The molecule has 0 aliphatic carbocycles. The molecule has 1 aromatic carbocycles. The largest absolute Gasteiger partial charge is 0.324 e. The fourth-order valence-corrected chi connectivity index (χ4v) is 3.16. The van der Waals surface area contributed by atoms with Gasteiger partial charge in [-0.1, -0.05) is 6.07 Å². The van der Waals surface area contributed by atoms with Crippen molar-refractivity contribution in [2.75, 3.05) is 11.1 Å². The van der Waals surface area contributed by atoms with Crippen LogP contribution in [0.25, 0.3) is 0 Å². The summed E-state index contributed by atoms with van der Waals surface area (Å²) in [5.41, 5.74) is 0.133. The molecule has 0 spiro atoms. The standard InChI is InChI=1S/C13H13FN2OS/c1-13(6-3-7-18-13)12(17)16-11-5-2-4-10(14)9(11)8-15/h2,4-5H,3,6-7H2,1H3,(H,16,17). The number of carbonyl (C=O) groups is 1. The summed E-state index contributed by atoms with van der Waals surface area (Å²) >= 11 is 1.60. The number of nitrogens with one attached hydrogen (secondary N) is 1. The van der Waals surface area contributed by atoms with E-state index in [1.165, 1.54) is 12.1 Å². The molecular weight excluding hydrogens is 251 g/mol. The van der Waals surface area contributed by atoms with Crippen molar-refractivity contribution in [3.8, 4) is 6.07 Å². The van der Waals surface area contributed by atoms with Crippen LogP contribution < -0.4 is 5.32 Å². The maximum absolute atomic E-state index is 13.4. The van der Waals surface area contributed by atoms with Gasteiger partial charge in [0.2, 0.25) is 5.91 Å². The number of hydrogen-bond acceptors (Lipinski definition) is 3. The van der Waals surface area contributed by atoms with Gasteiger partial charge in [0, 0.05) is 0 Å². The normalized spacial score (nSPS) is 22.5. The number of benzene rings is 1. The molecule has 1 aliphatic heterocycles. The van der Waals surface area contributed by atoms with Gasteiger partial charge in [-0.25, -0.2) is 4.39 Å². The van der Waals surface area contributed by atoms with Crippen molar-refractivity contribution in [2.45, 2.75) is 24.5 Å². The van der Waals surface area contributed by atoms with Gasteiger partial charge in [0.25, 0.3) is 0 Å². The van der Waals surface area contributed by atoms with E-state index in [-0.39, 0.29) is 17.2 Å². The molecular formula is C13H13FN2OS. The van der Waals surface area contributed by atoms with E-state index in [1.807, 2.05) is 6.92 Å². The molecule has 1 heterocycles. The van der Waals surface area contributed by atoms with Gasteiger partial charge >= 0.3 is 0 Å². The monoisotopic (exact) mass is 264 g/mol.